The summed E-state index contributed by atoms with van der Waals surface area (Å²) >= 11 is 0. The maximum atomic E-state index is 11.2. The number of fused-ring (bicyclic) bond motifs is 1. The predicted molar refractivity (Wildman–Crippen MR) is 141 cm³/mol. The van der Waals surface area contributed by atoms with Crippen LogP contribution in [0.3, 0.4) is 0 Å². The number of hydrogen-bond donors (Lipinski definition) is 1. The van der Waals surface area contributed by atoms with Crippen LogP contribution in [-0.4, -0.2) is 65.8 Å². The average Bonchev–Trinajstić information content (AvgIpc) is 2.95. The summed E-state index contributed by atoms with van der Waals surface area (Å²) in [6, 6.07) is 15.3. The minimum absolute atomic E-state index is 0.204. The molecule has 1 heterocycles. The Hall–Kier alpha value is -3.62. The third-order valence-corrected chi connectivity index (χ3v) is 6.88. The molecule has 37 heavy (non-hydrogen) atoms. The number of β-amino-alcohol motifs (C(OH)–C–C–N with tert-alkyl or cyclic N) is 1. The van der Waals surface area contributed by atoms with Crippen LogP contribution in [0.15, 0.2) is 48.5 Å². The highest BCUT2D eigenvalue weighted by Gasteiger charge is 2.33. The Morgan fingerprint density at radius 2 is 1.35 bits per heavy atom. The first kappa shape index (κ1) is 26.4. The Morgan fingerprint density at radius 3 is 1.89 bits per heavy atom. The van der Waals surface area contributed by atoms with Crippen LogP contribution in [0.1, 0.15) is 34.4 Å². The third-order valence-electron chi connectivity index (χ3n) is 6.88. The molecule has 3 aromatic carbocycles. The van der Waals surface area contributed by atoms with Crippen molar-refractivity contribution in [2.45, 2.75) is 18.6 Å². The minimum Gasteiger partial charge on any atom is -0.497 e. The number of methoxy groups -OCH3 is 6. The highest BCUT2D eigenvalue weighted by atomic mass is 16.5. The van der Waals surface area contributed by atoms with E-state index < -0.39 is 6.10 Å². The van der Waals surface area contributed by atoms with Crippen LogP contribution in [-0.2, 0) is 6.42 Å². The van der Waals surface area contributed by atoms with Gasteiger partial charge in [-0.15, -0.1) is 0 Å². The molecule has 1 aliphatic heterocycles. The standard InChI is InChI=1S/C29H35NO7/c1-32-21-9-7-18(8-10-21)23(31)17-30-12-11-19-13-24(33-2)25(34-3)16-22(19)28(30)20-14-26(35-4)29(37-6)27(15-20)36-5/h7-10,13-16,23,28,31H,11-12,17H2,1-6H3/t23-,28-/m0/s1. The summed E-state index contributed by atoms with van der Waals surface area (Å²) in [5.74, 6) is 3.76. The molecule has 0 aliphatic carbocycles. The number of rotatable bonds is 10. The zero-order chi connectivity index (χ0) is 26.5. The molecule has 0 bridgehead atoms. The number of benzene rings is 3. The van der Waals surface area contributed by atoms with E-state index in [-0.39, 0.29) is 6.04 Å². The Kier molecular flexibility index (Phi) is 8.31. The van der Waals surface area contributed by atoms with Gasteiger partial charge in [-0.2, -0.15) is 0 Å². The number of nitrogens with zero attached hydrogens (tertiary/aromatic N) is 1. The molecule has 0 spiro atoms. The van der Waals surface area contributed by atoms with Crippen molar-refractivity contribution in [3.05, 3.63) is 70.8 Å². The van der Waals surface area contributed by atoms with E-state index in [1.807, 2.05) is 48.5 Å². The van der Waals surface area contributed by atoms with Crippen molar-refractivity contribution < 1.29 is 33.5 Å². The number of hydrogen-bond acceptors (Lipinski definition) is 8. The van der Waals surface area contributed by atoms with E-state index in [2.05, 4.69) is 4.90 Å². The zero-order valence-electron chi connectivity index (χ0n) is 22.2. The summed E-state index contributed by atoms with van der Waals surface area (Å²) < 4.78 is 33.4. The van der Waals surface area contributed by atoms with Gasteiger partial charge in [-0.1, -0.05) is 12.1 Å². The molecule has 0 amide bonds. The van der Waals surface area contributed by atoms with Crippen LogP contribution in [0, 0.1) is 0 Å². The van der Waals surface area contributed by atoms with Crippen LogP contribution in [0.4, 0.5) is 0 Å². The van der Waals surface area contributed by atoms with E-state index in [9.17, 15) is 5.11 Å². The lowest BCUT2D eigenvalue weighted by Crippen LogP contribution is -2.39. The summed E-state index contributed by atoms with van der Waals surface area (Å²) in [7, 11) is 9.70. The van der Waals surface area contributed by atoms with Crippen LogP contribution in [0.2, 0.25) is 0 Å². The van der Waals surface area contributed by atoms with Crippen molar-refractivity contribution >= 4 is 0 Å². The SMILES string of the molecule is COc1ccc([C@@H](O)CN2CCc3cc(OC)c(OC)cc3[C@@H]2c2cc(OC)c(OC)c(OC)c2)cc1. The molecular formula is C29H35NO7. The lowest BCUT2D eigenvalue weighted by atomic mass is 9.87. The van der Waals surface area contributed by atoms with Gasteiger partial charge in [-0.05, 0) is 65.1 Å². The van der Waals surface area contributed by atoms with Gasteiger partial charge in [0.2, 0.25) is 5.75 Å². The predicted octanol–water partition coefficient (Wildman–Crippen LogP) is 4.42. The lowest BCUT2D eigenvalue weighted by Gasteiger charge is -2.39. The van der Waals surface area contributed by atoms with Crippen LogP contribution >= 0.6 is 0 Å². The smallest absolute Gasteiger partial charge is 0.203 e. The summed E-state index contributed by atoms with van der Waals surface area (Å²) in [6.07, 6.45) is 0.100. The van der Waals surface area contributed by atoms with Crippen LogP contribution < -0.4 is 28.4 Å². The molecule has 1 N–H and O–H groups in total. The average molecular weight is 510 g/mol. The first-order chi connectivity index (χ1) is 18.0. The molecule has 3 aromatic rings. The first-order valence-electron chi connectivity index (χ1n) is 12.1. The number of ether oxygens (including phenoxy) is 6. The van der Waals surface area contributed by atoms with Gasteiger partial charge in [0.25, 0.3) is 0 Å². The summed E-state index contributed by atoms with van der Waals surface area (Å²) in [6.45, 7) is 1.15. The van der Waals surface area contributed by atoms with E-state index in [0.717, 1.165) is 41.0 Å². The first-order valence-corrected chi connectivity index (χ1v) is 12.1. The zero-order valence-corrected chi connectivity index (χ0v) is 22.2. The second-order valence-electron chi connectivity index (χ2n) is 8.80. The molecule has 198 valence electrons. The van der Waals surface area contributed by atoms with Gasteiger partial charge in [0.05, 0.1) is 54.8 Å². The molecule has 8 heteroatoms. The van der Waals surface area contributed by atoms with Gasteiger partial charge in [-0.25, -0.2) is 0 Å². The fourth-order valence-electron chi connectivity index (χ4n) is 5.00. The normalized spacial score (nSPS) is 15.9. The van der Waals surface area contributed by atoms with E-state index >= 15 is 0 Å². The monoisotopic (exact) mass is 509 g/mol. The molecule has 1 aliphatic rings. The van der Waals surface area contributed by atoms with Crippen molar-refractivity contribution in [1.29, 1.82) is 0 Å². The van der Waals surface area contributed by atoms with Crippen molar-refractivity contribution in [1.82, 2.24) is 4.90 Å². The van der Waals surface area contributed by atoms with Gasteiger partial charge in [-0.3, -0.25) is 4.90 Å². The quantitative estimate of drug-likeness (QED) is 0.430. The Labute approximate surface area is 218 Å². The Bertz CT molecular complexity index is 1190. The molecule has 0 unspecified atom stereocenters. The topological polar surface area (TPSA) is 78.9 Å². The highest BCUT2D eigenvalue weighted by molar-refractivity contribution is 5.58. The molecule has 0 radical (unpaired) electrons. The number of aliphatic hydroxyl groups is 1. The summed E-state index contributed by atoms with van der Waals surface area (Å²) in [5.41, 5.74) is 4.00. The molecule has 0 fully saturated rings. The van der Waals surface area contributed by atoms with Gasteiger partial charge in [0, 0.05) is 13.1 Å². The fourth-order valence-corrected chi connectivity index (χ4v) is 5.00. The van der Waals surface area contributed by atoms with Crippen molar-refractivity contribution in [2.24, 2.45) is 0 Å². The third kappa shape index (κ3) is 5.26. The van der Waals surface area contributed by atoms with E-state index in [1.165, 1.54) is 0 Å². The molecule has 0 saturated heterocycles. The Morgan fingerprint density at radius 1 is 0.757 bits per heavy atom. The van der Waals surface area contributed by atoms with Gasteiger partial charge in [0.1, 0.15) is 5.75 Å². The second kappa shape index (κ2) is 11.6. The fraction of sp³-hybridized carbons (Fsp3) is 0.379. The summed E-state index contributed by atoms with van der Waals surface area (Å²) in [4.78, 5) is 2.27. The maximum absolute atomic E-state index is 11.2. The summed E-state index contributed by atoms with van der Waals surface area (Å²) in [5, 5.41) is 11.2. The number of aliphatic hydroxyl groups excluding tert-OH is 1. The molecule has 0 aromatic heterocycles. The van der Waals surface area contributed by atoms with Gasteiger partial charge < -0.3 is 33.5 Å². The van der Waals surface area contributed by atoms with Crippen LogP contribution in [0.25, 0.3) is 0 Å². The molecule has 4 rings (SSSR count). The molecular weight excluding hydrogens is 474 g/mol. The van der Waals surface area contributed by atoms with Gasteiger partial charge in [0.15, 0.2) is 23.0 Å². The maximum Gasteiger partial charge on any atom is 0.203 e. The minimum atomic E-state index is -0.697. The van der Waals surface area contributed by atoms with E-state index in [4.69, 9.17) is 28.4 Å². The van der Waals surface area contributed by atoms with Crippen molar-refractivity contribution in [2.75, 3.05) is 55.7 Å². The van der Waals surface area contributed by atoms with Crippen molar-refractivity contribution in [3.63, 3.8) is 0 Å². The molecule has 0 saturated carbocycles. The Balaban J connectivity index is 1.81. The molecule has 2 atom stereocenters. The van der Waals surface area contributed by atoms with Gasteiger partial charge >= 0.3 is 0 Å². The largest absolute Gasteiger partial charge is 0.497 e. The van der Waals surface area contributed by atoms with E-state index in [1.54, 1.807) is 42.7 Å². The molecule has 8 nitrogen and oxygen atoms in total. The lowest BCUT2D eigenvalue weighted by molar-refractivity contribution is 0.0918. The van der Waals surface area contributed by atoms with E-state index in [0.29, 0.717) is 35.3 Å². The highest BCUT2D eigenvalue weighted by Crippen LogP contribution is 2.46. The van der Waals surface area contributed by atoms with Crippen LogP contribution in [0.5, 0.6) is 34.5 Å². The second-order valence-corrected chi connectivity index (χ2v) is 8.80. The van der Waals surface area contributed by atoms with Crippen molar-refractivity contribution in [3.8, 4) is 34.5 Å².